The van der Waals surface area contributed by atoms with Crippen molar-refractivity contribution in [3.05, 3.63) is 59.7 Å². The molecule has 2 aromatic rings. The van der Waals surface area contributed by atoms with Crippen molar-refractivity contribution < 1.29 is 14.6 Å². The maximum atomic E-state index is 12.6. The number of benzene rings is 2. The van der Waals surface area contributed by atoms with Crippen molar-refractivity contribution in [2.75, 3.05) is 19.7 Å². The largest absolute Gasteiger partial charge is 0.448 e. The van der Waals surface area contributed by atoms with E-state index in [2.05, 4.69) is 24.3 Å². The zero-order chi connectivity index (χ0) is 18.1. The molecule has 1 fully saturated rings. The molecule has 1 saturated carbocycles. The highest BCUT2D eigenvalue weighted by atomic mass is 16.6. The van der Waals surface area contributed by atoms with E-state index in [9.17, 15) is 9.90 Å². The van der Waals surface area contributed by atoms with E-state index in [1.807, 2.05) is 31.2 Å². The van der Waals surface area contributed by atoms with Crippen LogP contribution in [-0.2, 0) is 4.74 Å². The predicted molar refractivity (Wildman–Crippen MR) is 101 cm³/mol. The van der Waals surface area contributed by atoms with Crippen molar-refractivity contribution >= 4 is 6.09 Å². The summed E-state index contributed by atoms with van der Waals surface area (Å²) in [5.41, 5.74) is 4.14. The third-order valence-corrected chi connectivity index (χ3v) is 5.75. The Kier molecular flexibility index (Phi) is 4.45. The number of hydrogen-bond donors (Lipinski definition) is 1. The van der Waals surface area contributed by atoms with Gasteiger partial charge in [0.15, 0.2) is 0 Å². The SMILES string of the molecule is CCN(CC1(O)CCC1)C(=O)OCC1c2ccccc2-c2ccccc21. The van der Waals surface area contributed by atoms with Gasteiger partial charge in [0.25, 0.3) is 0 Å². The Bertz CT molecular complexity index is 767. The van der Waals surface area contributed by atoms with Crippen molar-refractivity contribution in [2.45, 2.75) is 37.7 Å². The van der Waals surface area contributed by atoms with E-state index >= 15 is 0 Å². The summed E-state index contributed by atoms with van der Waals surface area (Å²) < 4.78 is 5.68. The Labute approximate surface area is 154 Å². The zero-order valence-electron chi connectivity index (χ0n) is 15.1. The summed E-state index contributed by atoms with van der Waals surface area (Å²) in [7, 11) is 0. The van der Waals surface area contributed by atoms with E-state index in [-0.39, 0.29) is 12.0 Å². The first-order valence-corrected chi connectivity index (χ1v) is 9.43. The minimum absolute atomic E-state index is 0.0665. The van der Waals surface area contributed by atoms with Crippen molar-refractivity contribution in [1.29, 1.82) is 0 Å². The van der Waals surface area contributed by atoms with Crippen LogP contribution in [-0.4, -0.2) is 41.4 Å². The summed E-state index contributed by atoms with van der Waals surface area (Å²) in [5, 5.41) is 10.4. The number of nitrogens with zero attached hydrogens (tertiary/aromatic N) is 1. The number of likely N-dealkylation sites (N-methyl/N-ethyl adjacent to an activating group) is 1. The van der Waals surface area contributed by atoms with Crippen molar-refractivity contribution in [1.82, 2.24) is 4.90 Å². The summed E-state index contributed by atoms with van der Waals surface area (Å²) >= 11 is 0. The van der Waals surface area contributed by atoms with Crippen molar-refractivity contribution in [2.24, 2.45) is 0 Å². The highest BCUT2D eigenvalue weighted by Gasteiger charge is 2.37. The molecule has 0 aliphatic heterocycles. The van der Waals surface area contributed by atoms with Gasteiger partial charge in [-0.1, -0.05) is 48.5 Å². The van der Waals surface area contributed by atoms with Crippen molar-refractivity contribution in [3.8, 4) is 11.1 Å². The molecule has 2 aliphatic carbocycles. The van der Waals surface area contributed by atoms with Crippen LogP contribution in [0.3, 0.4) is 0 Å². The number of carbonyl (C=O) groups excluding carboxylic acids is 1. The van der Waals surface area contributed by atoms with Crippen LogP contribution in [0.15, 0.2) is 48.5 Å². The summed E-state index contributed by atoms with van der Waals surface area (Å²) in [4.78, 5) is 14.2. The van der Waals surface area contributed by atoms with Crippen LogP contribution in [0.1, 0.15) is 43.2 Å². The normalized spacial score (nSPS) is 17.2. The molecule has 0 spiro atoms. The fraction of sp³-hybridized carbons (Fsp3) is 0.409. The first-order valence-electron chi connectivity index (χ1n) is 9.43. The highest BCUT2D eigenvalue weighted by molar-refractivity contribution is 5.79. The number of aliphatic hydroxyl groups is 1. The van der Waals surface area contributed by atoms with Gasteiger partial charge in [0.05, 0.1) is 12.1 Å². The average Bonchev–Trinajstić information content (AvgIpc) is 2.97. The van der Waals surface area contributed by atoms with E-state index < -0.39 is 5.60 Å². The molecule has 1 amide bonds. The molecule has 2 aliphatic rings. The monoisotopic (exact) mass is 351 g/mol. The van der Waals surface area contributed by atoms with Crippen LogP contribution in [0.5, 0.6) is 0 Å². The Morgan fingerprint density at radius 2 is 1.69 bits per heavy atom. The minimum Gasteiger partial charge on any atom is -0.448 e. The Morgan fingerprint density at radius 3 is 2.19 bits per heavy atom. The van der Waals surface area contributed by atoms with Gasteiger partial charge in [-0.05, 0) is 48.4 Å². The van der Waals surface area contributed by atoms with Crippen LogP contribution in [0.25, 0.3) is 11.1 Å². The molecule has 4 heteroatoms. The van der Waals surface area contributed by atoms with Gasteiger partial charge in [-0.15, -0.1) is 0 Å². The molecule has 4 nitrogen and oxygen atoms in total. The second-order valence-corrected chi connectivity index (χ2v) is 7.40. The molecule has 4 rings (SSSR count). The van der Waals surface area contributed by atoms with Gasteiger partial charge in [-0.3, -0.25) is 0 Å². The molecular weight excluding hydrogens is 326 g/mol. The van der Waals surface area contributed by atoms with E-state index in [0.29, 0.717) is 19.7 Å². The van der Waals surface area contributed by atoms with E-state index in [0.717, 1.165) is 19.3 Å². The maximum Gasteiger partial charge on any atom is 0.409 e. The minimum atomic E-state index is -0.721. The quantitative estimate of drug-likeness (QED) is 0.879. The Balaban J connectivity index is 1.48. The molecule has 0 radical (unpaired) electrons. The second-order valence-electron chi connectivity index (χ2n) is 7.40. The smallest absolute Gasteiger partial charge is 0.409 e. The van der Waals surface area contributed by atoms with Crippen LogP contribution < -0.4 is 0 Å². The van der Waals surface area contributed by atoms with E-state index in [1.54, 1.807) is 4.90 Å². The van der Waals surface area contributed by atoms with Crippen LogP contribution in [0.2, 0.25) is 0 Å². The molecule has 0 saturated heterocycles. The topological polar surface area (TPSA) is 49.8 Å². The lowest BCUT2D eigenvalue weighted by Crippen LogP contribution is -2.50. The molecule has 136 valence electrons. The van der Waals surface area contributed by atoms with Gasteiger partial charge >= 0.3 is 6.09 Å². The van der Waals surface area contributed by atoms with E-state index in [1.165, 1.54) is 22.3 Å². The summed E-state index contributed by atoms with van der Waals surface area (Å²) in [6.45, 7) is 3.14. The lowest BCUT2D eigenvalue weighted by Gasteiger charge is -2.40. The Hall–Kier alpha value is -2.33. The maximum absolute atomic E-state index is 12.6. The third kappa shape index (κ3) is 2.99. The second kappa shape index (κ2) is 6.76. The van der Waals surface area contributed by atoms with Gasteiger partial charge < -0.3 is 14.7 Å². The summed E-state index contributed by atoms with van der Waals surface area (Å²) in [6.07, 6.45) is 2.22. The predicted octanol–water partition coefficient (Wildman–Crippen LogP) is 4.17. The number of carbonyl (C=O) groups is 1. The first-order chi connectivity index (χ1) is 12.6. The fourth-order valence-electron chi connectivity index (χ4n) is 4.09. The summed E-state index contributed by atoms with van der Waals surface area (Å²) in [5.74, 6) is 0.0665. The Morgan fingerprint density at radius 1 is 1.12 bits per heavy atom. The van der Waals surface area contributed by atoms with Gasteiger partial charge in [0.1, 0.15) is 6.61 Å². The molecule has 0 bridgehead atoms. The molecule has 0 heterocycles. The molecule has 0 aromatic heterocycles. The number of ether oxygens (including phenoxy) is 1. The highest BCUT2D eigenvalue weighted by Crippen LogP contribution is 2.44. The standard InChI is InChI=1S/C22H25NO3/c1-2-23(15-22(25)12-7-13-22)21(24)26-14-20-18-10-5-3-8-16(18)17-9-4-6-11-19(17)20/h3-6,8-11,20,25H,2,7,12-15H2,1H3. The number of amides is 1. The third-order valence-electron chi connectivity index (χ3n) is 5.75. The van der Waals surface area contributed by atoms with Gasteiger partial charge in [0.2, 0.25) is 0 Å². The molecule has 0 unspecified atom stereocenters. The molecule has 26 heavy (non-hydrogen) atoms. The van der Waals surface area contributed by atoms with Crippen LogP contribution >= 0.6 is 0 Å². The van der Waals surface area contributed by atoms with Crippen LogP contribution in [0, 0.1) is 0 Å². The van der Waals surface area contributed by atoms with Crippen molar-refractivity contribution in [3.63, 3.8) is 0 Å². The molecule has 2 aromatic carbocycles. The lowest BCUT2D eigenvalue weighted by atomic mass is 9.80. The first kappa shape index (κ1) is 17.1. The fourth-order valence-corrected chi connectivity index (χ4v) is 4.09. The van der Waals surface area contributed by atoms with Crippen LogP contribution in [0.4, 0.5) is 4.79 Å². The molecular formula is C22H25NO3. The van der Waals surface area contributed by atoms with Gasteiger partial charge in [-0.2, -0.15) is 0 Å². The number of fused-ring (bicyclic) bond motifs is 3. The van der Waals surface area contributed by atoms with E-state index in [4.69, 9.17) is 4.74 Å². The molecule has 1 N–H and O–H groups in total. The number of hydrogen-bond acceptors (Lipinski definition) is 3. The van der Waals surface area contributed by atoms with Gasteiger partial charge in [0, 0.05) is 12.5 Å². The average molecular weight is 351 g/mol. The summed E-state index contributed by atoms with van der Waals surface area (Å²) in [6, 6.07) is 16.6. The zero-order valence-corrected chi connectivity index (χ0v) is 15.1. The number of rotatable bonds is 5. The molecule has 0 atom stereocenters. The lowest BCUT2D eigenvalue weighted by molar-refractivity contribution is -0.0560. The van der Waals surface area contributed by atoms with Gasteiger partial charge in [-0.25, -0.2) is 4.79 Å².